The Hall–Kier alpha value is -2.18. The van der Waals surface area contributed by atoms with E-state index in [2.05, 4.69) is 24.1 Å². The van der Waals surface area contributed by atoms with Gasteiger partial charge in [0.1, 0.15) is 5.00 Å². The zero-order chi connectivity index (χ0) is 18.7. The fourth-order valence-electron chi connectivity index (χ4n) is 3.31. The maximum absolute atomic E-state index is 12.6. The van der Waals surface area contributed by atoms with Crippen LogP contribution in [0.3, 0.4) is 0 Å². The Balaban J connectivity index is 1.70. The molecule has 3 rings (SSSR count). The number of nitrogens with zero attached hydrogens (tertiary/aromatic N) is 1. The van der Waals surface area contributed by atoms with Crippen LogP contribution in [0.15, 0.2) is 30.3 Å². The van der Waals surface area contributed by atoms with E-state index in [9.17, 15) is 14.7 Å². The van der Waals surface area contributed by atoms with Crippen molar-refractivity contribution in [2.45, 2.75) is 45.7 Å². The van der Waals surface area contributed by atoms with Crippen molar-refractivity contribution in [1.82, 2.24) is 4.90 Å². The number of benzene rings is 1. The molecule has 0 bridgehead atoms. The zero-order valence-corrected chi connectivity index (χ0v) is 15.9. The quantitative estimate of drug-likeness (QED) is 0.776. The molecule has 1 aliphatic rings. The summed E-state index contributed by atoms with van der Waals surface area (Å²) >= 11 is 1.41. The zero-order valence-electron chi connectivity index (χ0n) is 15.1. The number of hydrogen-bond acceptors (Lipinski definition) is 4. The van der Waals surface area contributed by atoms with Crippen LogP contribution in [0.4, 0.5) is 5.00 Å². The van der Waals surface area contributed by atoms with E-state index in [1.54, 1.807) is 0 Å². The lowest BCUT2D eigenvalue weighted by atomic mass is 10.1. The van der Waals surface area contributed by atoms with Crippen LogP contribution in [-0.4, -0.2) is 34.5 Å². The van der Waals surface area contributed by atoms with Crippen molar-refractivity contribution in [2.24, 2.45) is 0 Å². The van der Waals surface area contributed by atoms with Gasteiger partial charge in [0.2, 0.25) is 5.91 Å². The van der Waals surface area contributed by atoms with E-state index in [1.807, 2.05) is 30.3 Å². The first-order valence-corrected chi connectivity index (χ1v) is 9.73. The number of carbonyl (C=O) groups excluding carboxylic acids is 1. The third-order valence-electron chi connectivity index (χ3n) is 4.69. The summed E-state index contributed by atoms with van der Waals surface area (Å²) in [7, 11) is 0. The molecule has 6 heteroatoms. The van der Waals surface area contributed by atoms with Crippen LogP contribution in [-0.2, 0) is 24.2 Å². The van der Waals surface area contributed by atoms with Crippen LogP contribution < -0.4 is 5.32 Å². The van der Waals surface area contributed by atoms with Crippen molar-refractivity contribution in [3.05, 3.63) is 51.9 Å². The van der Waals surface area contributed by atoms with Gasteiger partial charge in [-0.1, -0.05) is 30.3 Å². The number of carboxylic acids is 1. The van der Waals surface area contributed by atoms with E-state index in [-0.39, 0.29) is 24.1 Å². The van der Waals surface area contributed by atoms with Gasteiger partial charge in [-0.3, -0.25) is 9.69 Å². The molecule has 0 saturated heterocycles. The number of fused-ring (bicyclic) bond motifs is 1. The predicted octanol–water partition coefficient (Wildman–Crippen LogP) is 3.78. The smallest absolute Gasteiger partial charge is 0.339 e. The number of rotatable bonds is 7. The summed E-state index contributed by atoms with van der Waals surface area (Å²) in [5.74, 6) is -1.12. The molecule has 0 unspecified atom stereocenters. The molecule has 5 nitrogen and oxygen atoms in total. The molecule has 1 aromatic carbocycles. The Morgan fingerprint density at radius 1 is 1.23 bits per heavy atom. The lowest BCUT2D eigenvalue weighted by Crippen LogP contribution is -2.37. The number of carboxylic acid groups (broad SMARTS) is 1. The maximum atomic E-state index is 12.6. The highest BCUT2D eigenvalue weighted by molar-refractivity contribution is 7.17. The van der Waals surface area contributed by atoms with Crippen molar-refractivity contribution in [3.8, 4) is 0 Å². The van der Waals surface area contributed by atoms with Crippen molar-refractivity contribution in [3.63, 3.8) is 0 Å². The van der Waals surface area contributed by atoms with E-state index >= 15 is 0 Å². The monoisotopic (exact) mass is 372 g/mol. The Kier molecular flexibility index (Phi) is 5.74. The predicted molar refractivity (Wildman–Crippen MR) is 104 cm³/mol. The molecule has 0 radical (unpaired) electrons. The Bertz CT molecular complexity index is 799. The number of carbonyl (C=O) groups is 2. The number of anilines is 1. The molecule has 2 aromatic rings. The summed E-state index contributed by atoms with van der Waals surface area (Å²) in [6, 6.07) is 10.2. The summed E-state index contributed by atoms with van der Waals surface area (Å²) in [4.78, 5) is 27.4. The standard InChI is InChI=1S/C20H24N2O3S/c1-13(2)22(11-14-7-4-3-5-8-14)12-17(23)21-19-18(20(24)25)15-9-6-10-16(15)26-19/h3-5,7-8,13H,6,9-12H2,1-2H3,(H,21,23)(H,24,25). The minimum atomic E-state index is -0.954. The first kappa shape index (κ1) is 18.6. The van der Waals surface area contributed by atoms with Crippen molar-refractivity contribution in [2.75, 3.05) is 11.9 Å². The van der Waals surface area contributed by atoms with Crippen molar-refractivity contribution >= 4 is 28.2 Å². The minimum Gasteiger partial charge on any atom is -0.478 e. The summed E-state index contributed by atoms with van der Waals surface area (Å²) in [6.45, 7) is 5.02. The van der Waals surface area contributed by atoms with Gasteiger partial charge in [-0.05, 0) is 44.2 Å². The molecule has 138 valence electrons. The van der Waals surface area contributed by atoms with Crippen molar-refractivity contribution < 1.29 is 14.7 Å². The minimum absolute atomic E-state index is 0.169. The number of aromatic carboxylic acids is 1. The fraction of sp³-hybridized carbons (Fsp3) is 0.400. The average Bonchev–Trinajstić information content (AvgIpc) is 3.15. The molecule has 1 aliphatic carbocycles. The summed E-state index contributed by atoms with van der Waals surface area (Å²) < 4.78 is 0. The average molecular weight is 372 g/mol. The molecule has 0 aliphatic heterocycles. The topological polar surface area (TPSA) is 69.6 Å². The molecule has 1 aromatic heterocycles. The van der Waals surface area contributed by atoms with E-state index in [4.69, 9.17) is 0 Å². The molecule has 2 N–H and O–H groups in total. The van der Waals surface area contributed by atoms with Gasteiger partial charge in [0.05, 0.1) is 12.1 Å². The second-order valence-electron chi connectivity index (χ2n) is 6.90. The molecule has 1 heterocycles. The van der Waals surface area contributed by atoms with Crippen LogP contribution in [0.5, 0.6) is 0 Å². The first-order valence-electron chi connectivity index (χ1n) is 8.91. The van der Waals surface area contributed by atoms with Gasteiger partial charge in [0.15, 0.2) is 0 Å². The fourth-order valence-corrected chi connectivity index (χ4v) is 4.61. The molecular weight excluding hydrogens is 348 g/mol. The Morgan fingerprint density at radius 2 is 1.96 bits per heavy atom. The van der Waals surface area contributed by atoms with Crippen LogP contribution in [0.1, 0.15) is 46.6 Å². The molecule has 0 atom stereocenters. The highest BCUT2D eigenvalue weighted by Crippen LogP contribution is 2.39. The van der Waals surface area contributed by atoms with Crippen LogP contribution in [0, 0.1) is 0 Å². The van der Waals surface area contributed by atoms with E-state index < -0.39 is 5.97 Å². The highest BCUT2D eigenvalue weighted by atomic mass is 32.1. The van der Waals surface area contributed by atoms with Crippen LogP contribution >= 0.6 is 11.3 Å². The first-order chi connectivity index (χ1) is 12.5. The largest absolute Gasteiger partial charge is 0.478 e. The number of hydrogen-bond donors (Lipinski definition) is 2. The lowest BCUT2D eigenvalue weighted by Gasteiger charge is -2.25. The van der Waals surface area contributed by atoms with E-state index in [0.717, 1.165) is 35.3 Å². The molecule has 0 spiro atoms. The lowest BCUT2D eigenvalue weighted by molar-refractivity contribution is -0.117. The highest BCUT2D eigenvalue weighted by Gasteiger charge is 2.27. The van der Waals surface area contributed by atoms with E-state index in [0.29, 0.717) is 11.5 Å². The second-order valence-corrected chi connectivity index (χ2v) is 8.00. The Labute approximate surface area is 157 Å². The molecule has 26 heavy (non-hydrogen) atoms. The Morgan fingerprint density at radius 3 is 2.62 bits per heavy atom. The van der Waals surface area contributed by atoms with Gasteiger partial charge in [0, 0.05) is 17.5 Å². The summed E-state index contributed by atoms with van der Waals surface area (Å²) in [5.41, 5.74) is 2.34. The third kappa shape index (κ3) is 4.14. The van der Waals surface area contributed by atoms with Gasteiger partial charge in [-0.2, -0.15) is 0 Å². The van der Waals surface area contributed by atoms with Gasteiger partial charge >= 0.3 is 5.97 Å². The normalized spacial score (nSPS) is 13.2. The second kappa shape index (κ2) is 8.01. The number of amides is 1. The molecule has 0 fully saturated rings. The van der Waals surface area contributed by atoms with Crippen LogP contribution in [0.25, 0.3) is 0 Å². The summed E-state index contributed by atoms with van der Waals surface area (Å²) in [5, 5.41) is 12.9. The van der Waals surface area contributed by atoms with Gasteiger partial charge in [-0.15, -0.1) is 11.3 Å². The number of aryl methyl sites for hydroxylation is 1. The SMILES string of the molecule is CC(C)N(CC(=O)Nc1sc2c(c1C(=O)O)CCC2)Cc1ccccc1. The van der Waals surface area contributed by atoms with Gasteiger partial charge in [-0.25, -0.2) is 4.79 Å². The number of nitrogens with one attached hydrogen (secondary N) is 1. The number of thiophene rings is 1. The molecular formula is C20H24N2O3S. The summed E-state index contributed by atoms with van der Waals surface area (Å²) in [6.07, 6.45) is 2.69. The van der Waals surface area contributed by atoms with Gasteiger partial charge < -0.3 is 10.4 Å². The van der Waals surface area contributed by atoms with E-state index in [1.165, 1.54) is 11.3 Å². The third-order valence-corrected chi connectivity index (χ3v) is 5.90. The van der Waals surface area contributed by atoms with Crippen molar-refractivity contribution in [1.29, 1.82) is 0 Å². The molecule has 0 saturated carbocycles. The maximum Gasteiger partial charge on any atom is 0.339 e. The molecule has 1 amide bonds. The van der Waals surface area contributed by atoms with Gasteiger partial charge in [0.25, 0.3) is 0 Å². The van der Waals surface area contributed by atoms with Crippen LogP contribution in [0.2, 0.25) is 0 Å².